The number of hydrogen-bond acceptors (Lipinski definition) is 2. The van der Waals surface area contributed by atoms with Crippen LogP contribution in [0.25, 0.3) is 0 Å². The van der Waals surface area contributed by atoms with Crippen LogP contribution in [-0.4, -0.2) is 23.7 Å². The monoisotopic (exact) mass is 213 g/mol. The maximum atomic E-state index is 11.5. The van der Waals surface area contributed by atoms with Gasteiger partial charge in [0, 0.05) is 12.5 Å². The summed E-state index contributed by atoms with van der Waals surface area (Å²) in [5.41, 5.74) is 0. The Bertz CT molecular complexity index is 214. The van der Waals surface area contributed by atoms with Crippen LogP contribution < -0.4 is 5.32 Å². The average Bonchev–Trinajstić information content (AvgIpc) is 2.94. The zero-order valence-electron chi connectivity index (χ0n) is 9.99. The summed E-state index contributed by atoms with van der Waals surface area (Å²) in [7, 11) is 0. The SMILES string of the molecule is CCC(CC)[C@H](O)CNC(=O)[C@H]1C[C@@H]1C. The van der Waals surface area contributed by atoms with Crippen LogP contribution in [0.3, 0.4) is 0 Å². The lowest BCUT2D eigenvalue weighted by molar-refractivity contribution is -0.123. The summed E-state index contributed by atoms with van der Waals surface area (Å²) in [6.07, 6.45) is 2.55. The first-order chi connectivity index (χ1) is 7.10. The highest BCUT2D eigenvalue weighted by molar-refractivity contribution is 5.81. The van der Waals surface area contributed by atoms with Crippen molar-refractivity contribution in [3.8, 4) is 0 Å². The number of carbonyl (C=O) groups excluding carboxylic acids is 1. The summed E-state index contributed by atoms with van der Waals surface area (Å²) in [5, 5.41) is 12.6. The maximum Gasteiger partial charge on any atom is 0.223 e. The minimum absolute atomic E-state index is 0.118. The van der Waals surface area contributed by atoms with Crippen molar-refractivity contribution in [1.82, 2.24) is 5.32 Å². The third-order valence-electron chi connectivity index (χ3n) is 3.52. The van der Waals surface area contributed by atoms with Crippen LogP contribution in [0.2, 0.25) is 0 Å². The van der Waals surface area contributed by atoms with Gasteiger partial charge in [0.05, 0.1) is 6.10 Å². The normalized spacial score (nSPS) is 26.5. The largest absolute Gasteiger partial charge is 0.391 e. The molecule has 0 bridgehead atoms. The molecule has 3 atom stereocenters. The second kappa shape index (κ2) is 5.50. The molecule has 0 aromatic rings. The molecule has 0 aromatic heterocycles. The van der Waals surface area contributed by atoms with Gasteiger partial charge in [-0.2, -0.15) is 0 Å². The number of hydrogen-bond donors (Lipinski definition) is 2. The lowest BCUT2D eigenvalue weighted by Gasteiger charge is -2.20. The highest BCUT2D eigenvalue weighted by Crippen LogP contribution is 2.37. The van der Waals surface area contributed by atoms with Gasteiger partial charge < -0.3 is 10.4 Å². The van der Waals surface area contributed by atoms with Gasteiger partial charge in [-0.1, -0.05) is 33.6 Å². The van der Waals surface area contributed by atoms with Crippen LogP contribution in [0.5, 0.6) is 0 Å². The van der Waals surface area contributed by atoms with E-state index < -0.39 is 6.10 Å². The van der Waals surface area contributed by atoms with E-state index in [0.29, 0.717) is 18.4 Å². The Labute approximate surface area is 92.3 Å². The second-order valence-corrected chi connectivity index (χ2v) is 4.71. The molecule has 3 nitrogen and oxygen atoms in total. The zero-order valence-corrected chi connectivity index (χ0v) is 9.99. The molecule has 0 radical (unpaired) electrons. The predicted molar refractivity (Wildman–Crippen MR) is 60.4 cm³/mol. The molecular formula is C12H23NO2. The lowest BCUT2D eigenvalue weighted by atomic mass is 9.96. The number of rotatable bonds is 6. The zero-order chi connectivity index (χ0) is 11.4. The predicted octanol–water partition coefficient (Wildman–Crippen LogP) is 1.56. The molecule has 1 fully saturated rings. The quantitative estimate of drug-likeness (QED) is 0.703. The molecular weight excluding hydrogens is 190 g/mol. The molecule has 0 aromatic carbocycles. The fourth-order valence-corrected chi connectivity index (χ4v) is 2.02. The summed E-state index contributed by atoms with van der Waals surface area (Å²) < 4.78 is 0. The van der Waals surface area contributed by atoms with Crippen LogP contribution in [-0.2, 0) is 4.79 Å². The molecule has 1 aliphatic rings. The van der Waals surface area contributed by atoms with Crippen molar-refractivity contribution in [3.63, 3.8) is 0 Å². The topological polar surface area (TPSA) is 49.3 Å². The van der Waals surface area contributed by atoms with Crippen molar-refractivity contribution in [2.45, 2.75) is 46.1 Å². The van der Waals surface area contributed by atoms with E-state index in [2.05, 4.69) is 26.1 Å². The van der Waals surface area contributed by atoms with Gasteiger partial charge in [0.2, 0.25) is 5.91 Å². The Morgan fingerprint density at radius 2 is 2.00 bits per heavy atom. The van der Waals surface area contributed by atoms with E-state index in [-0.39, 0.29) is 11.8 Å². The summed E-state index contributed by atoms with van der Waals surface area (Å²) in [4.78, 5) is 11.5. The van der Waals surface area contributed by atoms with E-state index in [4.69, 9.17) is 0 Å². The fourth-order valence-electron chi connectivity index (χ4n) is 2.02. The molecule has 1 amide bonds. The van der Waals surface area contributed by atoms with E-state index >= 15 is 0 Å². The number of carbonyl (C=O) groups is 1. The van der Waals surface area contributed by atoms with Crippen molar-refractivity contribution >= 4 is 5.91 Å². The van der Waals surface area contributed by atoms with Crippen molar-refractivity contribution < 1.29 is 9.90 Å². The Balaban J connectivity index is 2.21. The van der Waals surface area contributed by atoms with Gasteiger partial charge in [-0.15, -0.1) is 0 Å². The number of amides is 1. The lowest BCUT2D eigenvalue weighted by Crippen LogP contribution is -2.37. The summed E-state index contributed by atoms with van der Waals surface area (Å²) in [6.45, 7) is 6.64. The maximum absolute atomic E-state index is 11.5. The number of aliphatic hydroxyl groups excluding tert-OH is 1. The van der Waals surface area contributed by atoms with Crippen LogP contribution in [0.1, 0.15) is 40.0 Å². The summed E-state index contributed by atoms with van der Waals surface area (Å²) in [5.74, 6) is 1.17. The molecule has 0 heterocycles. The molecule has 1 aliphatic carbocycles. The van der Waals surface area contributed by atoms with E-state index in [0.717, 1.165) is 19.3 Å². The highest BCUT2D eigenvalue weighted by atomic mass is 16.3. The van der Waals surface area contributed by atoms with Gasteiger partial charge in [-0.05, 0) is 18.3 Å². The summed E-state index contributed by atoms with van der Waals surface area (Å²) >= 11 is 0. The first kappa shape index (κ1) is 12.5. The van der Waals surface area contributed by atoms with Gasteiger partial charge in [-0.3, -0.25) is 4.79 Å². The standard InChI is InChI=1S/C12H23NO2/c1-4-9(5-2)11(14)7-13-12(15)10-6-8(10)3/h8-11,14H,4-7H2,1-3H3,(H,13,15)/t8-,10-,11+/m0/s1. The van der Waals surface area contributed by atoms with E-state index in [9.17, 15) is 9.90 Å². The van der Waals surface area contributed by atoms with Gasteiger partial charge in [0.1, 0.15) is 0 Å². The molecule has 0 spiro atoms. The minimum atomic E-state index is -0.391. The van der Waals surface area contributed by atoms with E-state index in [1.807, 2.05) is 0 Å². The molecule has 1 rings (SSSR count). The Morgan fingerprint density at radius 3 is 2.40 bits per heavy atom. The van der Waals surface area contributed by atoms with Gasteiger partial charge >= 0.3 is 0 Å². The van der Waals surface area contributed by atoms with Crippen molar-refractivity contribution in [1.29, 1.82) is 0 Å². The smallest absolute Gasteiger partial charge is 0.223 e. The fraction of sp³-hybridized carbons (Fsp3) is 0.917. The van der Waals surface area contributed by atoms with Crippen molar-refractivity contribution in [2.24, 2.45) is 17.8 Å². The first-order valence-corrected chi connectivity index (χ1v) is 6.05. The van der Waals surface area contributed by atoms with Crippen molar-refractivity contribution in [3.05, 3.63) is 0 Å². The van der Waals surface area contributed by atoms with Crippen LogP contribution in [0.15, 0.2) is 0 Å². The molecule has 0 saturated heterocycles. The number of nitrogens with one attached hydrogen (secondary N) is 1. The van der Waals surface area contributed by atoms with E-state index in [1.54, 1.807) is 0 Å². The average molecular weight is 213 g/mol. The third kappa shape index (κ3) is 3.49. The molecule has 1 saturated carbocycles. The minimum Gasteiger partial charge on any atom is -0.391 e. The van der Waals surface area contributed by atoms with Crippen LogP contribution >= 0.6 is 0 Å². The van der Waals surface area contributed by atoms with E-state index in [1.165, 1.54) is 0 Å². The first-order valence-electron chi connectivity index (χ1n) is 6.05. The number of aliphatic hydroxyl groups is 1. The Kier molecular flexibility index (Phi) is 4.58. The van der Waals surface area contributed by atoms with Crippen LogP contribution in [0.4, 0.5) is 0 Å². The molecule has 3 heteroatoms. The third-order valence-corrected chi connectivity index (χ3v) is 3.52. The van der Waals surface area contributed by atoms with Crippen molar-refractivity contribution in [2.75, 3.05) is 6.54 Å². The molecule has 88 valence electrons. The summed E-state index contributed by atoms with van der Waals surface area (Å²) in [6, 6.07) is 0. The Morgan fingerprint density at radius 1 is 1.47 bits per heavy atom. The van der Waals surface area contributed by atoms with Gasteiger partial charge in [0.15, 0.2) is 0 Å². The van der Waals surface area contributed by atoms with Gasteiger partial charge in [0.25, 0.3) is 0 Å². The Hall–Kier alpha value is -0.570. The molecule has 0 aliphatic heterocycles. The van der Waals surface area contributed by atoms with Crippen LogP contribution in [0, 0.1) is 17.8 Å². The highest BCUT2D eigenvalue weighted by Gasteiger charge is 2.39. The molecule has 15 heavy (non-hydrogen) atoms. The van der Waals surface area contributed by atoms with Gasteiger partial charge in [-0.25, -0.2) is 0 Å². The second-order valence-electron chi connectivity index (χ2n) is 4.71. The molecule has 0 unspecified atom stereocenters. The molecule has 2 N–H and O–H groups in total.